The number of carbonyl (C=O) groups excluding carboxylic acids is 2. The Labute approximate surface area is 97.4 Å². The molecule has 0 radical (unpaired) electrons. The number of piperazine rings is 1. The van der Waals surface area contributed by atoms with Crippen LogP contribution in [0.25, 0.3) is 0 Å². The monoisotopic (exact) mass is 226 g/mol. The molecule has 0 saturated carbocycles. The first kappa shape index (κ1) is 13.0. The molecule has 0 spiro atoms. The molecule has 1 aliphatic rings. The minimum absolute atomic E-state index is 0.0155. The standard InChI is InChI=1S/C12H22N2O2/c1-6-12(7-2)11(16)13-9(5)10(15)14(12)8(3)4/h8-9H,6-7H2,1-5H3,(H,13,16). The van der Waals surface area contributed by atoms with Gasteiger partial charge in [0.05, 0.1) is 0 Å². The first-order valence-corrected chi connectivity index (χ1v) is 6.04. The summed E-state index contributed by atoms with van der Waals surface area (Å²) in [7, 11) is 0. The molecule has 4 nitrogen and oxygen atoms in total. The summed E-state index contributed by atoms with van der Waals surface area (Å²) < 4.78 is 0. The normalized spacial score (nSPS) is 24.9. The van der Waals surface area contributed by atoms with E-state index < -0.39 is 11.6 Å². The maximum absolute atomic E-state index is 12.2. The van der Waals surface area contributed by atoms with Gasteiger partial charge in [-0.3, -0.25) is 9.59 Å². The molecule has 0 aromatic heterocycles. The minimum atomic E-state index is -0.655. The molecule has 1 N–H and O–H groups in total. The van der Waals surface area contributed by atoms with Crippen LogP contribution in [0.15, 0.2) is 0 Å². The molecular weight excluding hydrogens is 204 g/mol. The van der Waals surface area contributed by atoms with E-state index in [2.05, 4.69) is 5.32 Å². The second-order valence-corrected chi connectivity index (χ2v) is 4.74. The molecule has 16 heavy (non-hydrogen) atoms. The van der Waals surface area contributed by atoms with Gasteiger partial charge in [0.15, 0.2) is 0 Å². The lowest BCUT2D eigenvalue weighted by Crippen LogP contribution is -2.71. The van der Waals surface area contributed by atoms with Crippen molar-refractivity contribution in [3.8, 4) is 0 Å². The largest absolute Gasteiger partial charge is 0.343 e. The Morgan fingerprint density at radius 3 is 2.19 bits per heavy atom. The van der Waals surface area contributed by atoms with E-state index in [1.54, 1.807) is 11.8 Å². The van der Waals surface area contributed by atoms with Gasteiger partial charge in [0.25, 0.3) is 0 Å². The Kier molecular flexibility index (Phi) is 3.61. The molecule has 1 heterocycles. The van der Waals surface area contributed by atoms with E-state index in [-0.39, 0.29) is 17.9 Å². The van der Waals surface area contributed by atoms with Crippen molar-refractivity contribution in [3.63, 3.8) is 0 Å². The summed E-state index contributed by atoms with van der Waals surface area (Å²) in [6.45, 7) is 9.58. The maximum Gasteiger partial charge on any atom is 0.246 e. The third kappa shape index (κ3) is 1.70. The predicted octanol–water partition coefficient (Wildman–Crippen LogP) is 1.30. The van der Waals surface area contributed by atoms with Crippen molar-refractivity contribution < 1.29 is 9.59 Å². The maximum atomic E-state index is 12.2. The fourth-order valence-corrected chi connectivity index (χ4v) is 2.58. The average Bonchev–Trinajstić information content (AvgIpc) is 2.22. The Hall–Kier alpha value is -1.06. The highest BCUT2D eigenvalue weighted by Gasteiger charge is 2.49. The zero-order chi connectivity index (χ0) is 12.5. The van der Waals surface area contributed by atoms with Gasteiger partial charge in [0.1, 0.15) is 11.6 Å². The summed E-state index contributed by atoms with van der Waals surface area (Å²) in [6.07, 6.45) is 1.32. The zero-order valence-electron chi connectivity index (χ0n) is 10.8. The summed E-state index contributed by atoms with van der Waals surface area (Å²) in [5, 5.41) is 2.78. The third-order valence-corrected chi connectivity index (χ3v) is 3.53. The Morgan fingerprint density at radius 2 is 1.81 bits per heavy atom. The first-order chi connectivity index (χ1) is 7.40. The van der Waals surface area contributed by atoms with Crippen LogP contribution in [-0.4, -0.2) is 34.3 Å². The molecule has 0 aromatic carbocycles. The number of rotatable bonds is 3. The third-order valence-electron chi connectivity index (χ3n) is 3.53. The molecule has 0 bridgehead atoms. The molecule has 4 heteroatoms. The van der Waals surface area contributed by atoms with Crippen LogP contribution in [0, 0.1) is 0 Å². The molecule has 92 valence electrons. The lowest BCUT2D eigenvalue weighted by molar-refractivity contribution is -0.160. The van der Waals surface area contributed by atoms with Crippen LogP contribution in [0.3, 0.4) is 0 Å². The smallest absolute Gasteiger partial charge is 0.246 e. The molecule has 2 amide bonds. The summed E-state index contributed by atoms with van der Waals surface area (Å²) in [5.41, 5.74) is -0.655. The topological polar surface area (TPSA) is 49.4 Å². The number of amides is 2. The number of hydrogen-bond donors (Lipinski definition) is 1. The van der Waals surface area contributed by atoms with Gasteiger partial charge in [-0.1, -0.05) is 13.8 Å². The Bertz CT molecular complexity index is 293. The molecular formula is C12H22N2O2. The van der Waals surface area contributed by atoms with Gasteiger partial charge in [0.2, 0.25) is 11.8 Å². The van der Waals surface area contributed by atoms with Crippen LogP contribution >= 0.6 is 0 Å². The van der Waals surface area contributed by atoms with E-state index in [1.807, 2.05) is 27.7 Å². The summed E-state index contributed by atoms with van der Waals surface area (Å²) in [6, 6.07) is -0.345. The van der Waals surface area contributed by atoms with E-state index >= 15 is 0 Å². The van der Waals surface area contributed by atoms with Gasteiger partial charge in [-0.05, 0) is 33.6 Å². The molecule has 0 aromatic rings. The second-order valence-electron chi connectivity index (χ2n) is 4.74. The molecule has 1 fully saturated rings. The average molecular weight is 226 g/mol. The van der Waals surface area contributed by atoms with E-state index in [0.717, 1.165) is 0 Å². The minimum Gasteiger partial charge on any atom is -0.343 e. The van der Waals surface area contributed by atoms with Crippen molar-refractivity contribution in [3.05, 3.63) is 0 Å². The highest BCUT2D eigenvalue weighted by molar-refractivity contribution is 5.99. The highest BCUT2D eigenvalue weighted by atomic mass is 16.2. The lowest BCUT2D eigenvalue weighted by atomic mass is 9.85. The van der Waals surface area contributed by atoms with Crippen LogP contribution in [0.5, 0.6) is 0 Å². The van der Waals surface area contributed by atoms with Crippen molar-refractivity contribution in [2.45, 2.75) is 65.1 Å². The lowest BCUT2D eigenvalue weighted by Gasteiger charge is -2.49. The summed E-state index contributed by atoms with van der Waals surface area (Å²) >= 11 is 0. The van der Waals surface area contributed by atoms with E-state index in [0.29, 0.717) is 12.8 Å². The Balaban J connectivity index is 3.20. The molecule has 1 rings (SSSR count). The molecule has 1 aliphatic heterocycles. The van der Waals surface area contributed by atoms with Crippen LogP contribution in [-0.2, 0) is 9.59 Å². The molecule has 1 saturated heterocycles. The van der Waals surface area contributed by atoms with Crippen LogP contribution < -0.4 is 5.32 Å². The second kappa shape index (κ2) is 4.44. The van der Waals surface area contributed by atoms with Crippen molar-refractivity contribution in [1.29, 1.82) is 0 Å². The van der Waals surface area contributed by atoms with Crippen molar-refractivity contribution in [2.24, 2.45) is 0 Å². The zero-order valence-corrected chi connectivity index (χ0v) is 10.8. The van der Waals surface area contributed by atoms with Crippen molar-refractivity contribution in [1.82, 2.24) is 10.2 Å². The van der Waals surface area contributed by atoms with Crippen molar-refractivity contribution in [2.75, 3.05) is 0 Å². The van der Waals surface area contributed by atoms with Crippen LogP contribution in [0.2, 0.25) is 0 Å². The van der Waals surface area contributed by atoms with Crippen molar-refractivity contribution >= 4 is 11.8 Å². The van der Waals surface area contributed by atoms with Gasteiger partial charge >= 0.3 is 0 Å². The fourth-order valence-electron chi connectivity index (χ4n) is 2.58. The summed E-state index contributed by atoms with van der Waals surface area (Å²) in [4.78, 5) is 26.1. The quantitative estimate of drug-likeness (QED) is 0.788. The number of carbonyl (C=O) groups is 2. The van der Waals surface area contributed by atoms with Gasteiger partial charge in [-0.15, -0.1) is 0 Å². The van der Waals surface area contributed by atoms with Crippen LogP contribution in [0.4, 0.5) is 0 Å². The van der Waals surface area contributed by atoms with Gasteiger partial charge < -0.3 is 10.2 Å². The predicted molar refractivity (Wildman–Crippen MR) is 62.9 cm³/mol. The highest BCUT2D eigenvalue weighted by Crippen LogP contribution is 2.30. The molecule has 1 unspecified atom stereocenters. The molecule has 0 aliphatic carbocycles. The van der Waals surface area contributed by atoms with Crippen LogP contribution in [0.1, 0.15) is 47.5 Å². The molecule has 1 atom stereocenters. The SMILES string of the molecule is CCC1(CC)C(=O)NC(C)C(=O)N1C(C)C. The van der Waals surface area contributed by atoms with Gasteiger partial charge in [0, 0.05) is 6.04 Å². The fraction of sp³-hybridized carbons (Fsp3) is 0.833. The Morgan fingerprint density at radius 1 is 1.31 bits per heavy atom. The number of nitrogens with one attached hydrogen (secondary N) is 1. The van der Waals surface area contributed by atoms with E-state index in [4.69, 9.17) is 0 Å². The van der Waals surface area contributed by atoms with Gasteiger partial charge in [-0.25, -0.2) is 0 Å². The summed E-state index contributed by atoms with van der Waals surface area (Å²) in [5.74, 6) is 0.0107. The number of nitrogens with zero attached hydrogens (tertiary/aromatic N) is 1. The number of hydrogen-bond acceptors (Lipinski definition) is 2. The van der Waals surface area contributed by atoms with E-state index in [1.165, 1.54) is 0 Å². The first-order valence-electron chi connectivity index (χ1n) is 6.04. The van der Waals surface area contributed by atoms with E-state index in [9.17, 15) is 9.59 Å². The van der Waals surface area contributed by atoms with Gasteiger partial charge in [-0.2, -0.15) is 0 Å².